The Morgan fingerprint density at radius 1 is 1.27 bits per heavy atom. The normalized spacial score (nSPS) is 26.0. The van der Waals surface area contributed by atoms with Gasteiger partial charge in [0.25, 0.3) is 0 Å². The summed E-state index contributed by atoms with van der Waals surface area (Å²) < 4.78 is 0. The standard InChI is InChI=1S/C21H34O5/c1-3-4-6-9-15(2)12-13-17-16(19(23)14-20(17)24)10-7-5-8-11-18(22)21(25)26/h5,7,12-13,15-18,20,22,24H,3-4,6,8-11,14H2,1-2H3,(H,25,26)/b7-5-,13-12+/t15-,16+,17+,18?,20+/m0/s1. The number of aliphatic hydroxyl groups excluding tert-OH is 2. The van der Waals surface area contributed by atoms with Crippen molar-refractivity contribution < 1.29 is 24.9 Å². The molecule has 26 heavy (non-hydrogen) atoms. The Morgan fingerprint density at radius 3 is 2.65 bits per heavy atom. The molecule has 0 aromatic heterocycles. The van der Waals surface area contributed by atoms with Crippen molar-refractivity contribution in [2.75, 3.05) is 0 Å². The van der Waals surface area contributed by atoms with Crippen molar-refractivity contribution in [2.24, 2.45) is 17.8 Å². The van der Waals surface area contributed by atoms with Gasteiger partial charge in [-0.15, -0.1) is 0 Å². The first-order chi connectivity index (χ1) is 12.4. The summed E-state index contributed by atoms with van der Waals surface area (Å²) in [5.74, 6) is -1.06. The highest BCUT2D eigenvalue weighted by molar-refractivity contribution is 5.84. The molecule has 1 aliphatic carbocycles. The first kappa shape index (κ1) is 22.6. The molecule has 3 N–H and O–H groups in total. The molecule has 0 aromatic rings. The zero-order valence-electron chi connectivity index (χ0n) is 16.0. The lowest BCUT2D eigenvalue weighted by molar-refractivity contribution is -0.146. The van der Waals surface area contributed by atoms with E-state index in [-0.39, 0.29) is 30.5 Å². The van der Waals surface area contributed by atoms with Crippen LogP contribution in [-0.4, -0.2) is 39.3 Å². The van der Waals surface area contributed by atoms with E-state index in [0.717, 1.165) is 6.42 Å². The van der Waals surface area contributed by atoms with Gasteiger partial charge in [-0.1, -0.05) is 57.4 Å². The van der Waals surface area contributed by atoms with Crippen molar-refractivity contribution >= 4 is 11.8 Å². The Kier molecular flexibility index (Phi) is 10.4. The van der Waals surface area contributed by atoms with Gasteiger partial charge in [0, 0.05) is 18.3 Å². The zero-order chi connectivity index (χ0) is 19.5. The van der Waals surface area contributed by atoms with E-state index in [1.807, 2.05) is 12.2 Å². The molecule has 0 saturated heterocycles. The number of aliphatic carboxylic acids is 1. The fourth-order valence-electron chi connectivity index (χ4n) is 3.40. The summed E-state index contributed by atoms with van der Waals surface area (Å²) >= 11 is 0. The van der Waals surface area contributed by atoms with Crippen LogP contribution in [-0.2, 0) is 9.59 Å². The third kappa shape index (κ3) is 7.83. The number of rotatable bonds is 12. The number of Topliss-reactive ketones (excluding diaryl/α,β-unsaturated/α-hetero) is 1. The lowest BCUT2D eigenvalue weighted by atomic mass is 9.89. The second-order valence-corrected chi connectivity index (χ2v) is 7.42. The second-order valence-electron chi connectivity index (χ2n) is 7.42. The molecule has 1 unspecified atom stereocenters. The van der Waals surface area contributed by atoms with Gasteiger partial charge in [0.15, 0.2) is 6.10 Å². The van der Waals surface area contributed by atoms with Crippen molar-refractivity contribution in [3.63, 3.8) is 0 Å². The maximum atomic E-state index is 12.2. The molecule has 5 nitrogen and oxygen atoms in total. The third-order valence-electron chi connectivity index (χ3n) is 5.11. The van der Waals surface area contributed by atoms with Crippen molar-refractivity contribution in [3.8, 4) is 0 Å². The highest BCUT2D eigenvalue weighted by atomic mass is 16.4. The Bertz CT molecular complexity index is 497. The molecule has 0 aromatic carbocycles. The molecule has 0 spiro atoms. The van der Waals surface area contributed by atoms with Gasteiger partial charge >= 0.3 is 5.97 Å². The highest BCUT2D eigenvalue weighted by Gasteiger charge is 2.39. The van der Waals surface area contributed by atoms with Gasteiger partial charge in [-0.2, -0.15) is 0 Å². The molecule has 1 rings (SSSR count). The Morgan fingerprint density at radius 2 is 2.00 bits per heavy atom. The van der Waals surface area contributed by atoms with Gasteiger partial charge in [0.05, 0.1) is 6.10 Å². The van der Waals surface area contributed by atoms with Gasteiger partial charge in [-0.25, -0.2) is 4.79 Å². The van der Waals surface area contributed by atoms with Gasteiger partial charge in [0.2, 0.25) is 0 Å². The smallest absolute Gasteiger partial charge is 0.332 e. The minimum Gasteiger partial charge on any atom is -0.479 e. The number of aliphatic hydroxyl groups is 2. The van der Waals surface area contributed by atoms with Crippen LogP contribution < -0.4 is 0 Å². The maximum Gasteiger partial charge on any atom is 0.332 e. The molecule has 0 bridgehead atoms. The minimum absolute atomic E-state index is 0.0843. The molecule has 1 aliphatic rings. The average Bonchev–Trinajstić information content (AvgIpc) is 2.85. The van der Waals surface area contributed by atoms with Crippen molar-refractivity contribution in [1.82, 2.24) is 0 Å². The summed E-state index contributed by atoms with van der Waals surface area (Å²) in [6.07, 6.45) is 11.9. The summed E-state index contributed by atoms with van der Waals surface area (Å²) in [5, 5.41) is 28.1. The van der Waals surface area contributed by atoms with Crippen LogP contribution in [0.15, 0.2) is 24.3 Å². The van der Waals surface area contributed by atoms with E-state index in [1.165, 1.54) is 19.3 Å². The first-order valence-electron chi connectivity index (χ1n) is 9.81. The van der Waals surface area contributed by atoms with Crippen LogP contribution in [0.5, 0.6) is 0 Å². The molecule has 0 heterocycles. The molecule has 0 radical (unpaired) electrons. The molecule has 0 amide bonds. The van der Waals surface area contributed by atoms with Crippen LogP contribution in [0.3, 0.4) is 0 Å². The van der Waals surface area contributed by atoms with E-state index in [1.54, 1.807) is 6.08 Å². The second kappa shape index (κ2) is 12.0. The summed E-state index contributed by atoms with van der Waals surface area (Å²) in [5.41, 5.74) is 0. The van der Waals surface area contributed by atoms with Crippen LogP contribution >= 0.6 is 0 Å². The average molecular weight is 366 g/mol. The van der Waals surface area contributed by atoms with E-state index in [2.05, 4.69) is 19.9 Å². The Labute approximate surface area is 156 Å². The molecular formula is C21H34O5. The summed E-state index contributed by atoms with van der Waals surface area (Å²) in [7, 11) is 0. The quantitative estimate of drug-likeness (QED) is 0.363. The first-order valence-corrected chi connectivity index (χ1v) is 9.81. The summed E-state index contributed by atoms with van der Waals surface area (Å²) in [4.78, 5) is 22.7. The highest BCUT2D eigenvalue weighted by Crippen LogP contribution is 2.33. The number of carboxylic acids is 1. The predicted octanol–water partition coefficient (Wildman–Crippen LogP) is 3.50. The third-order valence-corrected chi connectivity index (χ3v) is 5.11. The monoisotopic (exact) mass is 366 g/mol. The summed E-state index contributed by atoms with van der Waals surface area (Å²) in [6.45, 7) is 4.35. The topological polar surface area (TPSA) is 94.8 Å². The Hall–Kier alpha value is -1.46. The van der Waals surface area contributed by atoms with E-state index >= 15 is 0 Å². The fraction of sp³-hybridized carbons (Fsp3) is 0.714. The zero-order valence-corrected chi connectivity index (χ0v) is 16.0. The van der Waals surface area contributed by atoms with Crippen molar-refractivity contribution in [1.29, 1.82) is 0 Å². The molecule has 148 valence electrons. The van der Waals surface area contributed by atoms with Crippen molar-refractivity contribution in [2.45, 2.75) is 77.4 Å². The lowest BCUT2D eigenvalue weighted by Crippen LogP contribution is -2.19. The van der Waals surface area contributed by atoms with Gasteiger partial charge in [-0.3, -0.25) is 4.79 Å². The molecule has 1 saturated carbocycles. The van der Waals surface area contributed by atoms with Gasteiger partial charge in [-0.05, 0) is 31.6 Å². The van der Waals surface area contributed by atoms with Gasteiger partial charge < -0.3 is 15.3 Å². The van der Waals surface area contributed by atoms with E-state index in [0.29, 0.717) is 18.8 Å². The molecule has 1 fully saturated rings. The SMILES string of the molecule is CCCCC[C@H](C)/C=C/[C@H]1[C@H](O)CC(=O)[C@@H]1C/C=C\CCC(O)C(=O)O. The molecule has 0 aliphatic heterocycles. The molecule has 5 atom stereocenters. The summed E-state index contributed by atoms with van der Waals surface area (Å²) in [6, 6.07) is 0. The van der Waals surface area contributed by atoms with Gasteiger partial charge in [0.1, 0.15) is 5.78 Å². The van der Waals surface area contributed by atoms with Crippen molar-refractivity contribution in [3.05, 3.63) is 24.3 Å². The number of allylic oxidation sites excluding steroid dienone is 3. The van der Waals surface area contributed by atoms with Crippen LogP contribution in [0, 0.1) is 17.8 Å². The number of hydrogen-bond donors (Lipinski definition) is 3. The minimum atomic E-state index is -1.35. The number of carboxylic acid groups (broad SMARTS) is 1. The maximum absolute atomic E-state index is 12.2. The van der Waals surface area contributed by atoms with E-state index < -0.39 is 18.2 Å². The largest absolute Gasteiger partial charge is 0.479 e. The number of hydrogen-bond acceptors (Lipinski definition) is 4. The van der Waals surface area contributed by atoms with E-state index in [9.17, 15) is 19.8 Å². The van der Waals surface area contributed by atoms with Crippen LogP contribution in [0.25, 0.3) is 0 Å². The van der Waals surface area contributed by atoms with Crippen LogP contribution in [0.1, 0.15) is 65.2 Å². The number of unbranched alkanes of at least 4 members (excludes halogenated alkanes) is 2. The van der Waals surface area contributed by atoms with Crippen LogP contribution in [0.4, 0.5) is 0 Å². The molecule has 5 heteroatoms. The molecular weight excluding hydrogens is 332 g/mol. The fourth-order valence-corrected chi connectivity index (χ4v) is 3.40. The predicted molar refractivity (Wildman–Crippen MR) is 102 cm³/mol. The number of carbonyl (C=O) groups excluding carboxylic acids is 1. The van der Waals surface area contributed by atoms with E-state index in [4.69, 9.17) is 5.11 Å². The Balaban J connectivity index is 2.50. The lowest BCUT2D eigenvalue weighted by Gasteiger charge is -2.17. The number of carbonyl (C=O) groups is 2. The van der Waals surface area contributed by atoms with Crippen LogP contribution in [0.2, 0.25) is 0 Å². The number of ketones is 1.